The molecule has 9 nitrogen and oxygen atoms in total. The number of hydrogen-bond donors (Lipinski definition) is 0. The number of carbonyl (C=O) groups excluding carboxylic acids is 3. The van der Waals surface area contributed by atoms with Gasteiger partial charge in [0.25, 0.3) is 0 Å². The molecule has 0 saturated carbocycles. The van der Waals surface area contributed by atoms with Crippen LogP contribution in [0.25, 0.3) is 0 Å². The Bertz CT molecular complexity index is 1170. The van der Waals surface area contributed by atoms with Crippen LogP contribution in [-0.2, 0) is 39.5 Å². The van der Waals surface area contributed by atoms with Crippen LogP contribution < -0.4 is 4.90 Å². The average Bonchev–Trinajstić information content (AvgIpc) is 3.33. The molecule has 4 rings (SSSR count). The molecule has 36 heavy (non-hydrogen) atoms. The van der Waals surface area contributed by atoms with Crippen LogP contribution in [0.3, 0.4) is 0 Å². The van der Waals surface area contributed by atoms with Crippen LogP contribution >= 0.6 is 0 Å². The van der Waals surface area contributed by atoms with E-state index in [9.17, 15) is 27.6 Å². The summed E-state index contributed by atoms with van der Waals surface area (Å²) in [5.74, 6) is -7.98. The summed E-state index contributed by atoms with van der Waals surface area (Å²) in [6, 6.07) is 2.76. The number of amides is 2. The molecule has 13 heteroatoms. The van der Waals surface area contributed by atoms with Crippen molar-refractivity contribution in [2.24, 2.45) is 17.8 Å². The highest BCUT2D eigenvalue weighted by Crippen LogP contribution is 2.63. The fraction of sp³-hybridized carbons (Fsp3) is 0.565. The van der Waals surface area contributed by atoms with E-state index < -0.39 is 75.5 Å². The van der Waals surface area contributed by atoms with Crippen molar-refractivity contribution in [1.82, 2.24) is 0 Å². The first kappa shape index (κ1) is 26.0. The second kappa shape index (κ2) is 8.79. The first-order valence-corrected chi connectivity index (χ1v) is 10.9. The highest BCUT2D eigenvalue weighted by molar-refractivity contribution is 6.23. The number of fused-ring (bicyclic) bond motifs is 5. The molecule has 1 aromatic rings. The smallest absolute Gasteiger partial charge is 0.420 e. The van der Waals surface area contributed by atoms with E-state index in [1.165, 1.54) is 27.0 Å². The monoisotopic (exact) mass is 514 g/mol. The zero-order valence-corrected chi connectivity index (χ0v) is 19.5. The molecule has 3 aliphatic rings. The molecule has 3 heterocycles. The predicted molar refractivity (Wildman–Crippen MR) is 110 cm³/mol. The van der Waals surface area contributed by atoms with Gasteiger partial charge in [-0.25, -0.2) is 9.29 Å². The Hall–Kier alpha value is -3.08. The zero-order valence-electron chi connectivity index (χ0n) is 19.5. The average molecular weight is 514 g/mol. The number of rotatable bonds is 7. The van der Waals surface area contributed by atoms with Crippen molar-refractivity contribution in [3.05, 3.63) is 29.1 Å². The number of esters is 1. The van der Waals surface area contributed by atoms with Crippen LogP contribution in [0.5, 0.6) is 0 Å². The normalized spacial score (nSPS) is 31.1. The van der Waals surface area contributed by atoms with Crippen molar-refractivity contribution in [1.29, 1.82) is 5.26 Å². The summed E-state index contributed by atoms with van der Waals surface area (Å²) in [6.45, 7) is 3.03. The van der Waals surface area contributed by atoms with E-state index >= 15 is 4.39 Å². The van der Waals surface area contributed by atoms with Crippen LogP contribution in [0, 0.1) is 34.9 Å². The number of carbonyl (C=O) groups is 3. The minimum Gasteiger partial charge on any atom is -0.438 e. The van der Waals surface area contributed by atoms with Gasteiger partial charge in [-0.05, 0) is 32.4 Å². The number of hydrogen-bond acceptors (Lipinski definition) is 8. The molecular formula is C23H22F4N2O7. The van der Waals surface area contributed by atoms with Gasteiger partial charge in [0.15, 0.2) is 12.6 Å². The third kappa shape index (κ3) is 3.75. The molecule has 1 aromatic carbocycles. The molecule has 0 N–H and O–H groups in total. The first-order valence-electron chi connectivity index (χ1n) is 10.9. The Morgan fingerprint density at radius 3 is 2.50 bits per heavy atom. The largest absolute Gasteiger partial charge is 0.438 e. The zero-order chi connectivity index (χ0) is 26.6. The SMILES string of the molecule is COCCOCOC(=O)[C@H]1C[C@]2(C)O[C@@]1(C)[C@H]1C(=O)N(c3ccc(C#N)c(C(F)(F)F)c3F)C(=O)[C@H]12. The third-order valence-corrected chi connectivity index (χ3v) is 7.10. The van der Waals surface area contributed by atoms with Gasteiger partial charge >= 0.3 is 12.1 Å². The van der Waals surface area contributed by atoms with E-state index in [0.717, 1.165) is 6.07 Å². The summed E-state index contributed by atoms with van der Waals surface area (Å²) in [7, 11) is 1.47. The van der Waals surface area contributed by atoms with Crippen molar-refractivity contribution in [2.45, 2.75) is 37.6 Å². The lowest BCUT2D eigenvalue weighted by Gasteiger charge is -2.33. The second-order valence-electron chi connectivity index (χ2n) is 9.24. The lowest BCUT2D eigenvalue weighted by Crippen LogP contribution is -2.49. The minimum atomic E-state index is -5.24. The Balaban J connectivity index is 1.65. The molecule has 5 atom stereocenters. The molecule has 0 aliphatic carbocycles. The molecule has 3 aliphatic heterocycles. The van der Waals surface area contributed by atoms with Crippen LogP contribution in [0.4, 0.5) is 23.2 Å². The van der Waals surface area contributed by atoms with Gasteiger partial charge in [0.1, 0.15) is 5.56 Å². The fourth-order valence-electron chi connectivity index (χ4n) is 5.62. The molecular weight excluding hydrogens is 492 g/mol. The fourth-order valence-corrected chi connectivity index (χ4v) is 5.62. The molecule has 0 radical (unpaired) electrons. The van der Waals surface area contributed by atoms with Crippen molar-refractivity contribution in [2.75, 3.05) is 32.0 Å². The van der Waals surface area contributed by atoms with Gasteiger partial charge in [0.05, 0.1) is 59.5 Å². The van der Waals surface area contributed by atoms with Crippen LogP contribution in [-0.4, -0.2) is 56.1 Å². The number of methoxy groups -OCH3 is 1. The number of anilines is 1. The molecule has 3 fully saturated rings. The van der Waals surface area contributed by atoms with Crippen molar-refractivity contribution in [3.63, 3.8) is 0 Å². The lowest BCUT2D eigenvalue weighted by molar-refractivity contribution is -0.169. The van der Waals surface area contributed by atoms with E-state index in [0.29, 0.717) is 11.0 Å². The molecule has 194 valence electrons. The summed E-state index contributed by atoms with van der Waals surface area (Å²) < 4.78 is 76.6. The maximum atomic E-state index is 15.1. The number of benzene rings is 1. The molecule has 0 aromatic heterocycles. The quantitative estimate of drug-likeness (QED) is 0.179. The lowest BCUT2D eigenvalue weighted by atomic mass is 9.64. The first-order chi connectivity index (χ1) is 16.8. The summed E-state index contributed by atoms with van der Waals surface area (Å²) in [5.41, 5.74) is -6.62. The van der Waals surface area contributed by atoms with E-state index in [1.54, 1.807) is 0 Å². The number of ether oxygens (including phenoxy) is 4. The number of nitriles is 1. The summed E-state index contributed by atoms with van der Waals surface area (Å²) in [6.07, 6.45) is -5.24. The Labute approximate surface area is 202 Å². The number of nitrogens with zero attached hydrogens (tertiary/aromatic N) is 2. The van der Waals surface area contributed by atoms with Gasteiger partial charge in [-0.2, -0.15) is 18.4 Å². The Morgan fingerprint density at radius 2 is 1.89 bits per heavy atom. The molecule has 3 saturated heterocycles. The number of imide groups is 1. The maximum absolute atomic E-state index is 15.1. The van der Waals surface area contributed by atoms with Gasteiger partial charge in [0.2, 0.25) is 11.8 Å². The van der Waals surface area contributed by atoms with Gasteiger partial charge in [-0.1, -0.05) is 0 Å². The van der Waals surface area contributed by atoms with E-state index in [2.05, 4.69) is 0 Å². The highest BCUT2D eigenvalue weighted by atomic mass is 19.4. The molecule has 0 spiro atoms. The summed E-state index contributed by atoms with van der Waals surface area (Å²) in [5, 5.41) is 8.99. The predicted octanol–water partition coefficient (Wildman–Crippen LogP) is 2.55. The second-order valence-corrected chi connectivity index (χ2v) is 9.24. The van der Waals surface area contributed by atoms with Crippen molar-refractivity contribution >= 4 is 23.5 Å². The molecule has 0 unspecified atom stereocenters. The maximum Gasteiger partial charge on any atom is 0.420 e. The van der Waals surface area contributed by atoms with E-state index in [-0.39, 0.29) is 26.4 Å². The number of alkyl halides is 3. The van der Waals surface area contributed by atoms with Crippen LogP contribution in [0.2, 0.25) is 0 Å². The Kier molecular flexibility index (Phi) is 6.35. The van der Waals surface area contributed by atoms with E-state index in [4.69, 9.17) is 24.2 Å². The van der Waals surface area contributed by atoms with E-state index in [1.807, 2.05) is 0 Å². The van der Waals surface area contributed by atoms with Gasteiger partial charge in [0, 0.05) is 7.11 Å². The van der Waals surface area contributed by atoms with Crippen LogP contribution in [0.15, 0.2) is 12.1 Å². The molecule has 2 bridgehead atoms. The standard InChI is InChI=1S/C23H22F4N2O7/c1-21-8-12(20(32)35-10-34-7-6-33-3)22(2,36-21)16-15(21)18(30)29(19(16)31)13-5-4-11(9-28)14(17(13)24)23(25,26)27/h4-5,12,15-16H,6-8,10H2,1-3H3/t12-,15+,16-,21+,22-/m1/s1. The molecule has 2 amide bonds. The highest BCUT2D eigenvalue weighted by Gasteiger charge is 2.77. The van der Waals surface area contributed by atoms with Gasteiger partial charge in [-0.3, -0.25) is 14.4 Å². The van der Waals surface area contributed by atoms with Gasteiger partial charge < -0.3 is 18.9 Å². The summed E-state index contributed by atoms with van der Waals surface area (Å²) in [4.78, 5) is 39.9. The topological polar surface area (TPSA) is 115 Å². The van der Waals surface area contributed by atoms with Gasteiger partial charge in [-0.15, -0.1) is 0 Å². The van der Waals surface area contributed by atoms with Crippen molar-refractivity contribution in [3.8, 4) is 6.07 Å². The minimum absolute atomic E-state index is 0.00190. The van der Waals surface area contributed by atoms with Crippen LogP contribution in [0.1, 0.15) is 31.4 Å². The number of halogens is 4. The Morgan fingerprint density at radius 1 is 1.22 bits per heavy atom. The van der Waals surface area contributed by atoms with Crippen molar-refractivity contribution < 1.29 is 50.9 Å². The third-order valence-electron chi connectivity index (χ3n) is 7.10. The summed E-state index contributed by atoms with van der Waals surface area (Å²) >= 11 is 0.